The third kappa shape index (κ3) is 3.78. The summed E-state index contributed by atoms with van der Waals surface area (Å²) in [6, 6.07) is 0. The molecule has 0 aliphatic rings. The number of hydrogen-bond donors (Lipinski definition) is 2. The Labute approximate surface area is 65.6 Å². The highest BCUT2D eigenvalue weighted by atomic mass is 31.0. The summed E-state index contributed by atoms with van der Waals surface area (Å²) in [6.45, 7) is 1.53. The first-order valence-corrected chi connectivity index (χ1v) is 3.49. The standard InChI is InChI=1S/C5H9O5P/c1-2(11)3(4(6)7)10-5(8)9/h2-3H,11H2,1H3,(H,6,7)(H,8,9). The lowest BCUT2D eigenvalue weighted by Crippen LogP contribution is -2.32. The van der Waals surface area contributed by atoms with Gasteiger partial charge in [-0.1, -0.05) is 6.92 Å². The molecule has 0 radical (unpaired) electrons. The van der Waals surface area contributed by atoms with Gasteiger partial charge in [-0.05, 0) is 0 Å². The minimum Gasteiger partial charge on any atom is -0.478 e. The lowest BCUT2D eigenvalue weighted by molar-refractivity contribution is -0.147. The number of ether oxygens (including phenoxy) is 1. The molecular weight excluding hydrogens is 171 g/mol. The van der Waals surface area contributed by atoms with E-state index in [1.165, 1.54) is 6.92 Å². The smallest absolute Gasteiger partial charge is 0.478 e. The molecule has 0 aromatic rings. The van der Waals surface area contributed by atoms with Crippen molar-refractivity contribution in [3.05, 3.63) is 0 Å². The second-order valence-electron chi connectivity index (χ2n) is 2.00. The molecule has 0 aliphatic carbocycles. The molecule has 0 saturated carbocycles. The van der Waals surface area contributed by atoms with E-state index in [4.69, 9.17) is 10.2 Å². The highest BCUT2D eigenvalue weighted by Crippen LogP contribution is 2.09. The number of aliphatic carboxylic acids is 1. The van der Waals surface area contributed by atoms with Crippen molar-refractivity contribution in [2.75, 3.05) is 0 Å². The predicted molar refractivity (Wildman–Crippen MR) is 39.7 cm³/mol. The minimum absolute atomic E-state index is 0.441. The number of carboxylic acid groups (broad SMARTS) is 2. The molecule has 5 nitrogen and oxygen atoms in total. The molecule has 3 atom stereocenters. The van der Waals surface area contributed by atoms with Crippen LogP contribution in [0.15, 0.2) is 0 Å². The Bertz CT molecular complexity index is 166. The average Bonchev–Trinajstić information content (AvgIpc) is 1.81. The lowest BCUT2D eigenvalue weighted by Gasteiger charge is -2.13. The Morgan fingerprint density at radius 2 is 1.91 bits per heavy atom. The second kappa shape index (κ2) is 4.13. The van der Waals surface area contributed by atoms with Crippen molar-refractivity contribution in [1.29, 1.82) is 0 Å². The Morgan fingerprint density at radius 1 is 1.45 bits per heavy atom. The van der Waals surface area contributed by atoms with Gasteiger partial charge in [0.15, 0.2) is 0 Å². The van der Waals surface area contributed by atoms with Crippen LogP contribution >= 0.6 is 9.24 Å². The molecule has 0 aromatic carbocycles. The summed E-state index contributed by atoms with van der Waals surface area (Å²) in [7, 11) is 2.16. The summed E-state index contributed by atoms with van der Waals surface area (Å²) in [5, 5.41) is 16.5. The van der Waals surface area contributed by atoms with Crippen LogP contribution in [0.4, 0.5) is 4.79 Å². The van der Waals surface area contributed by atoms with Crippen LogP contribution in [0.25, 0.3) is 0 Å². The molecule has 0 aliphatic heterocycles. The van der Waals surface area contributed by atoms with E-state index in [2.05, 4.69) is 14.0 Å². The SMILES string of the molecule is CC(P)C(OC(=O)O)C(=O)O. The highest BCUT2D eigenvalue weighted by molar-refractivity contribution is 7.17. The first-order valence-electron chi connectivity index (χ1n) is 2.83. The van der Waals surface area contributed by atoms with Gasteiger partial charge in [0.05, 0.1) is 0 Å². The van der Waals surface area contributed by atoms with Crippen LogP contribution in [-0.4, -0.2) is 34.1 Å². The highest BCUT2D eigenvalue weighted by Gasteiger charge is 2.25. The molecule has 64 valence electrons. The van der Waals surface area contributed by atoms with Crippen molar-refractivity contribution in [3.8, 4) is 0 Å². The van der Waals surface area contributed by atoms with Crippen molar-refractivity contribution >= 4 is 21.4 Å². The van der Waals surface area contributed by atoms with Gasteiger partial charge in [-0.3, -0.25) is 0 Å². The molecule has 0 heterocycles. The first kappa shape index (κ1) is 10.2. The maximum absolute atomic E-state index is 10.3. The lowest BCUT2D eigenvalue weighted by atomic mass is 10.3. The van der Waals surface area contributed by atoms with E-state index in [1.54, 1.807) is 0 Å². The van der Waals surface area contributed by atoms with Gasteiger partial charge in [0.1, 0.15) is 0 Å². The normalized spacial score (nSPS) is 15.1. The Hall–Kier alpha value is -0.830. The van der Waals surface area contributed by atoms with Crippen LogP contribution in [0.5, 0.6) is 0 Å². The minimum atomic E-state index is -1.58. The Morgan fingerprint density at radius 3 is 2.00 bits per heavy atom. The zero-order valence-electron chi connectivity index (χ0n) is 5.85. The summed E-state index contributed by atoms with van der Waals surface area (Å²) in [4.78, 5) is 20.2. The van der Waals surface area contributed by atoms with E-state index < -0.39 is 23.9 Å². The van der Waals surface area contributed by atoms with Gasteiger partial charge >= 0.3 is 12.1 Å². The van der Waals surface area contributed by atoms with Crippen LogP contribution in [0.1, 0.15) is 6.92 Å². The number of carboxylic acids is 1. The molecule has 0 bridgehead atoms. The van der Waals surface area contributed by atoms with Crippen molar-refractivity contribution < 1.29 is 24.5 Å². The zero-order chi connectivity index (χ0) is 9.02. The number of rotatable bonds is 3. The van der Waals surface area contributed by atoms with Gasteiger partial charge in [-0.15, -0.1) is 9.24 Å². The monoisotopic (exact) mass is 180 g/mol. The van der Waals surface area contributed by atoms with Gasteiger partial charge < -0.3 is 14.9 Å². The fourth-order valence-corrected chi connectivity index (χ4v) is 0.734. The van der Waals surface area contributed by atoms with Gasteiger partial charge in [0.25, 0.3) is 0 Å². The third-order valence-corrected chi connectivity index (χ3v) is 1.30. The molecule has 6 heteroatoms. The van der Waals surface area contributed by atoms with Crippen molar-refractivity contribution in [2.24, 2.45) is 0 Å². The quantitative estimate of drug-likeness (QED) is 0.485. The van der Waals surface area contributed by atoms with Gasteiger partial charge in [-0.2, -0.15) is 0 Å². The van der Waals surface area contributed by atoms with Gasteiger partial charge in [-0.25, -0.2) is 9.59 Å². The molecule has 0 aromatic heterocycles. The van der Waals surface area contributed by atoms with E-state index in [0.717, 1.165) is 0 Å². The van der Waals surface area contributed by atoms with E-state index in [0.29, 0.717) is 0 Å². The van der Waals surface area contributed by atoms with Crippen LogP contribution in [0, 0.1) is 0 Å². The van der Waals surface area contributed by atoms with Crippen molar-refractivity contribution in [2.45, 2.75) is 18.7 Å². The third-order valence-electron chi connectivity index (χ3n) is 0.949. The molecule has 11 heavy (non-hydrogen) atoms. The summed E-state index contributed by atoms with van der Waals surface area (Å²) in [5.74, 6) is -1.28. The van der Waals surface area contributed by atoms with Crippen LogP contribution in [-0.2, 0) is 9.53 Å². The van der Waals surface area contributed by atoms with Crippen molar-refractivity contribution in [3.63, 3.8) is 0 Å². The number of hydrogen-bond acceptors (Lipinski definition) is 3. The largest absolute Gasteiger partial charge is 0.506 e. The molecule has 0 fully saturated rings. The summed E-state index contributed by atoms with van der Waals surface area (Å²) in [6.07, 6.45) is -2.88. The van der Waals surface area contributed by atoms with Crippen LogP contribution in [0.3, 0.4) is 0 Å². The second-order valence-corrected chi connectivity index (χ2v) is 3.05. The van der Waals surface area contributed by atoms with Crippen LogP contribution < -0.4 is 0 Å². The molecule has 0 rings (SSSR count). The topological polar surface area (TPSA) is 83.8 Å². The average molecular weight is 180 g/mol. The predicted octanol–water partition coefficient (Wildman–Crippen LogP) is 0.398. The van der Waals surface area contributed by atoms with Gasteiger partial charge in [0.2, 0.25) is 6.10 Å². The summed E-state index contributed by atoms with van der Waals surface area (Å²) >= 11 is 0. The maximum Gasteiger partial charge on any atom is 0.506 e. The number of carbonyl (C=O) groups is 2. The van der Waals surface area contributed by atoms with Gasteiger partial charge in [0, 0.05) is 5.66 Å². The molecular formula is C5H9O5P. The first-order chi connectivity index (χ1) is 4.95. The van der Waals surface area contributed by atoms with E-state index in [9.17, 15) is 9.59 Å². The zero-order valence-corrected chi connectivity index (χ0v) is 7.01. The molecule has 2 N–H and O–H groups in total. The van der Waals surface area contributed by atoms with Crippen LogP contribution in [0.2, 0.25) is 0 Å². The summed E-state index contributed by atoms with van der Waals surface area (Å²) in [5.41, 5.74) is -0.441. The Kier molecular flexibility index (Phi) is 3.82. The Balaban J connectivity index is 4.12. The molecule has 3 unspecified atom stereocenters. The molecule has 0 spiro atoms. The van der Waals surface area contributed by atoms with E-state index in [-0.39, 0.29) is 0 Å². The molecule has 0 amide bonds. The summed E-state index contributed by atoms with van der Waals surface area (Å²) < 4.78 is 4.07. The fourth-order valence-electron chi connectivity index (χ4n) is 0.491. The van der Waals surface area contributed by atoms with E-state index >= 15 is 0 Å². The fraction of sp³-hybridized carbons (Fsp3) is 0.600. The van der Waals surface area contributed by atoms with E-state index in [1.807, 2.05) is 0 Å². The van der Waals surface area contributed by atoms with Crippen molar-refractivity contribution in [1.82, 2.24) is 0 Å². The molecule has 0 saturated heterocycles. The maximum atomic E-state index is 10.3.